The van der Waals surface area contributed by atoms with Gasteiger partial charge in [-0.05, 0) is 31.9 Å². The second-order valence-corrected chi connectivity index (χ2v) is 5.90. The van der Waals surface area contributed by atoms with E-state index in [4.69, 9.17) is 4.74 Å². The first-order valence-electron chi connectivity index (χ1n) is 7.80. The van der Waals surface area contributed by atoms with Crippen molar-refractivity contribution in [2.75, 3.05) is 19.7 Å². The van der Waals surface area contributed by atoms with Gasteiger partial charge in [-0.15, -0.1) is 0 Å². The van der Waals surface area contributed by atoms with E-state index in [0.717, 1.165) is 12.5 Å². The van der Waals surface area contributed by atoms with E-state index in [2.05, 4.69) is 5.32 Å². The van der Waals surface area contributed by atoms with Crippen molar-refractivity contribution < 1.29 is 27.8 Å². The van der Waals surface area contributed by atoms with Crippen molar-refractivity contribution in [1.29, 1.82) is 0 Å². The fraction of sp³-hybridized carbons (Fsp3) is 0.562. The molecule has 2 amide bonds. The molecule has 2 N–H and O–H groups in total. The van der Waals surface area contributed by atoms with Crippen LogP contribution in [0.15, 0.2) is 24.3 Å². The van der Waals surface area contributed by atoms with Gasteiger partial charge in [-0.2, -0.15) is 13.2 Å². The first-order valence-corrected chi connectivity index (χ1v) is 7.80. The first-order chi connectivity index (χ1) is 11.3. The molecular formula is C16H21F3N2O3. The first kappa shape index (κ1) is 18.4. The summed E-state index contributed by atoms with van der Waals surface area (Å²) >= 11 is 0. The van der Waals surface area contributed by atoms with Gasteiger partial charge >= 0.3 is 12.2 Å². The highest BCUT2D eigenvalue weighted by Gasteiger charge is 2.34. The molecule has 0 spiro atoms. The number of nitrogens with zero attached hydrogens (tertiary/aromatic N) is 1. The lowest BCUT2D eigenvalue weighted by molar-refractivity contribution is -0.139. The van der Waals surface area contributed by atoms with Crippen LogP contribution in [0.3, 0.4) is 0 Å². The fourth-order valence-electron chi connectivity index (χ4n) is 2.52. The summed E-state index contributed by atoms with van der Waals surface area (Å²) in [5.74, 6) is -0.264. The summed E-state index contributed by atoms with van der Waals surface area (Å²) in [6, 6.07) is 4.13. The molecule has 24 heavy (non-hydrogen) atoms. The normalized spacial score (nSPS) is 19.7. The quantitative estimate of drug-likeness (QED) is 0.881. The summed E-state index contributed by atoms with van der Waals surface area (Å²) in [6.45, 7) is 2.37. The molecule has 1 aliphatic heterocycles. The minimum Gasteiger partial charge on any atom is -0.491 e. The number of aliphatic hydroxyl groups excluding tert-OH is 1. The smallest absolute Gasteiger partial charge is 0.419 e. The maximum atomic E-state index is 12.9. The number of aliphatic hydroxyl groups is 1. The monoisotopic (exact) mass is 346 g/mol. The van der Waals surface area contributed by atoms with Gasteiger partial charge in [-0.1, -0.05) is 12.1 Å². The highest BCUT2D eigenvalue weighted by Crippen LogP contribution is 2.35. The van der Waals surface area contributed by atoms with Crippen LogP contribution in [0.25, 0.3) is 0 Å². The second-order valence-electron chi connectivity index (χ2n) is 5.90. The van der Waals surface area contributed by atoms with Crippen molar-refractivity contribution in [3.05, 3.63) is 29.8 Å². The Hall–Kier alpha value is -1.96. The lowest BCUT2D eigenvalue weighted by atomic mass is 10.1. The SMILES string of the molecule is CC(COc1ccccc1C(F)(F)F)NC(=O)N1CCCC(O)C1. The van der Waals surface area contributed by atoms with Crippen molar-refractivity contribution in [2.45, 2.75) is 38.1 Å². The van der Waals surface area contributed by atoms with Gasteiger partial charge in [0.1, 0.15) is 12.4 Å². The maximum absolute atomic E-state index is 12.9. The number of halogens is 3. The number of urea groups is 1. The molecule has 5 nitrogen and oxygen atoms in total. The highest BCUT2D eigenvalue weighted by atomic mass is 19.4. The van der Waals surface area contributed by atoms with E-state index in [1.54, 1.807) is 6.92 Å². The Morgan fingerprint density at radius 1 is 1.46 bits per heavy atom. The van der Waals surface area contributed by atoms with Crippen LogP contribution in [0.4, 0.5) is 18.0 Å². The van der Waals surface area contributed by atoms with E-state index >= 15 is 0 Å². The largest absolute Gasteiger partial charge is 0.491 e. The third-order valence-corrected chi connectivity index (χ3v) is 3.73. The van der Waals surface area contributed by atoms with E-state index in [0.29, 0.717) is 13.0 Å². The second kappa shape index (κ2) is 7.74. The molecule has 2 unspecified atom stereocenters. The Morgan fingerprint density at radius 2 is 2.17 bits per heavy atom. The fourth-order valence-corrected chi connectivity index (χ4v) is 2.52. The molecule has 0 aromatic heterocycles. The third kappa shape index (κ3) is 5.02. The van der Waals surface area contributed by atoms with Gasteiger partial charge < -0.3 is 20.1 Å². The van der Waals surface area contributed by atoms with Crippen molar-refractivity contribution in [3.63, 3.8) is 0 Å². The molecule has 0 radical (unpaired) electrons. The van der Waals surface area contributed by atoms with Crippen LogP contribution in [-0.4, -0.2) is 47.9 Å². The lowest BCUT2D eigenvalue weighted by Gasteiger charge is -2.31. The van der Waals surface area contributed by atoms with Crippen LogP contribution in [0, 0.1) is 0 Å². The molecule has 2 atom stereocenters. The van der Waals surface area contributed by atoms with Gasteiger partial charge in [0.25, 0.3) is 0 Å². The Morgan fingerprint density at radius 3 is 2.83 bits per heavy atom. The lowest BCUT2D eigenvalue weighted by Crippen LogP contribution is -2.50. The van der Waals surface area contributed by atoms with Crippen molar-refractivity contribution >= 4 is 6.03 Å². The molecule has 0 saturated carbocycles. The Bertz CT molecular complexity index is 566. The predicted octanol–water partition coefficient (Wildman–Crippen LogP) is 2.64. The number of alkyl halides is 3. The molecule has 1 saturated heterocycles. The summed E-state index contributed by atoms with van der Waals surface area (Å²) < 4.78 is 43.9. The van der Waals surface area contributed by atoms with Crippen LogP contribution in [0.1, 0.15) is 25.3 Å². The molecule has 1 fully saturated rings. The molecule has 0 aliphatic carbocycles. The number of β-amino-alcohol motifs (C(OH)–C–C–N with tert-alkyl or cyclic N) is 1. The van der Waals surface area contributed by atoms with E-state index in [1.807, 2.05) is 0 Å². The van der Waals surface area contributed by atoms with Gasteiger partial charge in [0, 0.05) is 13.1 Å². The van der Waals surface area contributed by atoms with Gasteiger partial charge in [-0.25, -0.2) is 4.79 Å². The number of para-hydroxylation sites is 1. The highest BCUT2D eigenvalue weighted by molar-refractivity contribution is 5.74. The third-order valence-electron chi connectivity index (χ3n) is 3.73. The molecule has 1 aliphatic rings. The van der Waals surface area contributed by atoms with Crippen LogP contribution in [-0.2, 0) is 6.18 Å². The maximum Gasteiger partial charge on any atom is 0.419 e. The summed E-state index contributed by atoms with van der Waals surface area (Å²) in [5, 5.41) is 12.2. The summed E-state index contributed by atoms with van der Waals surface area (Å²) in [7, 11) is 0. The molecule has 8 heteroatoms. The zero-order chi connectivity index (χ0) is 17.7. The number of carbonyl (C=O) groups is 1. The van der Waals surface area contributed by atoms with E-state index in [1.165, 1.54) is 23.1 Å². The van der Waals surface area contributed by atoms with Gasteiger partial charge in [0.15, 0.2) is 0 Å². The number of rotatable bonds is 4. The molecule has 1 aromatic rings. The number of likely N-dealkylation sites (tertiary alicyclic amines) is 1. The summed E-state index contributed by atoms with van der Waals surface area (Å²) in [5.41, 5.74) is -0.845. The zero-order valence-electron chi connectivity index (χ0n) is 13.3. The summed E-state index contributed by atoms with van der Waals surface area (Å²) in [4.78, 5) is 13.6. The van der Waals surface area contributed by atoms with Gasteiger partial charge in [-0.3, -0.25) is 0 Å². The predicted molar refractivity (Wildman–Crippen MR) is 81.7 cm³/mol. The van der Waals surface area contributed by atoms with Crippen molar-refractivity contribution in [1.82, 2.24) is 10.2 Å². The van der Waals surface area contributed by atoms with E-state index in [9.17, 15) is 23.1 Å². The van der Waals surface area contributed by atoms with Crippen LogP contribution in [0.5, 0.6) is 5.75 Å². The van der Waals surface area contributed by atoms with Gasteiger partial charge in [0.05, 0.1) is 17.7 Å². The number of hydrogen-bond donors (Lipinski definition) is 2. The number of benzene rings is 1. The van der Waals surface area contributed by atoms with Crippen LogP contribution >= 0.6 is 0 Å². The van der Waals surface area contributed by atoms with Gasteiger partial charge in [0.2, 0.25) is 0 Å². The molecule has 134 valence electrons. The number of hydrogen-bond acceptors (Lipinski definition) is 3. The Labute approximate surface area is 138 Å². The van der Waals surface area contributed by atoms with E-state index in [-0.39, 0.29) is 24.9 Å². The Kier molecular flexibility index (Phi) is 5.93. The van der Waals surface area contributed by atoms with Crippen molar-refractivity contribution in [2.24, 2.45) is 0 Å². The molecule has 1 heterocycles. The minimum absolute atomic E-state index is 0.0881. The van der Waals surface area contributed by atoms with E-state index < -0.39 is 23.9 Å². The molecule has 0 bridgehead atoms. The number of piperidine rings is 1. The topological polar surface area (TPSA) is 61.8 Å². The van der Waals surface area contributed by atoms with Crippen molar-refractivity contribution in [3.8, 4) is 5.75 Å². The number of nitrogens with one attached hydrogen (secondary N) is 1. The minimum atomic E-state index is -4.49. The average Bonchev–Trinajstić information content (AvgIpc) is 2.52. The number of amides is 2. The molecule has 2 rings (SSSR count). The number of carbonyl (C=O) groups excluding carboxylic acids is 1. The zero-order valence-corrected chi connectivity index (χ0v) is 13.3. The van der Waals surface area contributed by atoms with Crippen LogP contribution < -0.4 is 10.1 Å². The average molecular weight is 346 g/mol. The summed E-state index contributed by atoms with van der Waals surface area (Å²) in [6.07, 6.45) is -3.64. The molecule has 1 aromatic carbocycles. The molecular weight excluding hydrogens is 325 g/mol. The number of ether oxygens (including phenoxy) is 1. The standard InChI is InChI=1S/C16H21F3N2O3/c1-11(20-15(23)21-8-4-5-12(22)9-21)10-24-14-7-3-2-6-13(14)16(17,18)19/h2-3,6-7,11-12,22H,4-5,8-10H2,1H3,(H,20,23). The Balaban J connectivity index is 1.87. The van der Waals surface area contributed by atoms with Crippen LogP contribution in [0.2, 0.25) is 0 Å².